The maximum atomic E-state index is 6.59. The number of halogens is 1. The molecule has 3 rings (SSSR count). The lowest BCUT2D eigenvalue weighted by Crippen LogP contribution is -2.53. The Balaban J connectivity index is 1.73. The standard InChI is InChI=1S/C15H25IO2/c1-14(2)12-3-4-13(7-12)15(14,10-16)18-9-11-5-6-17-8-11/h11-13H,3-10H2,1-2H3. The van der Waals surface area contributed by atoms with Crippen LogP contribution >= 0.6 is 22.6 Å². The Labute approximate surface area is 124 Å². The fraction of sp³-hybridized carbons (Fsp3) is 1.00. The third-order valence-corrected chi connectivity index (χ3v) is 7.14. The number of rotatable bonds is 4. The predicted octanol–water partition coefficient (Wildman–Crippen LogP) is 3.67. The van der Waals surface area contributed by atoms with Gasteiger partial charge >= 0.3 is 0 Å². The highest BCUT2D eigenvalue weighted by Crippen LogP contribution is 2.63. The van der Waals surface area contributed by atoms with Crippen molar-refractivity contribution in [1.29, 1.82) is 0 Å². The first-order valence-corrected chi connectivity index (χ1v) is 8.90. The fourth-order valence-electron chi connectivity index (χ4n) is 4.54. The Morgan fingerprint density at radius 1 is 1.22 bits per heavy atom. The Morgan fingerprint density at radius 3 is 2.56 bits per heavy atom. The van der Waals surface area contributed by atoms with E-state index in [1.54, 1.807) is 0 Å². The molecule has 2 saturated carbocycles. The summed E-state index contributed by atoms with van der Waals surface area (Å²) in [6.45, 7) is 7.64. The van der Waals surface area contributed by atoms with E-state index in [1.807, 2.05) is 0 Å². The average molecular weight is 364 g/mol. The molecule has 3 heteroatoms. The van der Waals surface area contributed by atoms with Crippen LogP contribution in [0.4, 0.5) is 0 Å². The smallest absolute Gasteiger partial charge is 0.0852 e. The normalized spacial score (nSPS) is 45.8. The van der Waals surface area contributed by atoms with Crippen LogP contribution in [0.15, 0.2) is 0 Å². The SMILES string of the molecule is CC1(C)C2CCC(C2)C1(CI)OCC1CCOC1. The predicted molar refractivity (Wildman–Crippen MR) is 81.1 cm³/mol. The van der Waals surface area contributed by atoms with Crippen LogP contribution < -0.4 is 0 Å². The molecule has 0 aromatic heterocycles. The highest BCUT2D eigenvalue weighted by atomic mass is 127. The summed E-state index contributed by atoms with van der Waals surface area (Å²) < 4.78 is 13.2. The largest absolute Gasteiger partial charge is 0.381 e. The van der Waals surface area contributed by atoms with E-state index in [4.69, 9.17) is 9.47 Å². The molecule has 1 heterocycles. The molecule has 1 aliphatic heterocycles. The van der Waals surface area contributed by atoms with Crippen molar-refractivity contribution in [1.82, 2.24) is 0 Å². The van der Waals surface area contributed by atoms with Gasteiger partial charge in [-0.15, -0.1) is 0 Å². The van der Waals surface area contributed by atoms with Gasteiger partial charge in [-0.2, -0.15) is 0 Å². The number of fused-ring (bicyclic) bond motifs is 2. The second-order valence-electron chi connectivity index (χ2n) is 6.99. The molecule has 3 aliphatic rings. The molecule has 104 valence electrons. The van der Waals surface area contributed by atoms with E-state index in [2.05, 4.69) is 36.4 Å². The third-order valence-electron chi connectivity index (χ3n) is 6.00. The molecule has 2 nitrogen and oxygen atoms in total. The van der Waals surface area contributed by atoms with E-state index < -0.39 is 0 Å². The quantitative estimate of drug-likeness (QED) is 0.560. The van der Waals surface area contributed by atoms with E-state index in [-0.39, 0.29) is 5.60 Å². The van der Waals surface area contributed by atoms with Gasteiger partial charge in [0.15, 0.2) is 0 Å². The first-order chi connectivity index (χ1) is 8.60. The fourth-order valence-corrected chi connectivity index (χ4v) is 6.36. The van der Waals surface area contributed by atoms with Gasteiger partial charge in [-0.05, 0) is 42.9 Å². The van der Waals surface area contributed by atoms with Crippen LogP contribution in [0.1, 0.15) is 39.5 Å². The summed E-state index contributed by atoms with van der Waals surface area (Å²) >= 11 is 2.56. The lowest BCUT2D eigenvalue weighted by atomic mass is 9.66. The Morgan fingerprint density at radius 2 is 2.00 bits per heavy atom. The summed E-state index contributed by atoms with van der Waals surface area (Å²) in [5.41, 5.74) is 0.496. The number of alkyl halides is 1. The molecule has 0 radical (unpaired) electrons. The molecule has 3 fully saturated rings. The topological polar surface area (TPSA) is 18.5 Å². The second kappa shape index (κ2) is 4.88. The van der Waals surface area contributed by atoms with Crippen molar-refractivity contribution in [3.8, 4) is 0 Å². The zero-order valence-electron chi connectivity index (χ0n) is 11.6. The summed E-state index contributed by atoms with van der Waals surface area (Å²) in [6, 6.07) is 0. The minimum absolute atomic E-state index is 0.138. The van der Waals surface area contributed by atoms with Gasteiger partial charge in [0, 0.05) is 17.0 Å². The van der Waals surface area contributed by atoms with Crippen molar-refractivity contribution >= 4 is 22.6 Å². The van der Waals surface area contributed by atoms with Crippen LogP contribution in [0.5, 0.6) is 0 Å². The molecule has 0 aromatic rings. The van der Waals surface area contributed by atoms with E-state index >= 15 is 0 Å². The number of hydrogen-bond donors (Lipinski definition) is 0. The van der Waals surface area contributed by atoms with E-state index in [1.165, 1.54) is 25.7 Å². The van der Waals surface area contributed by atoms with Gasteiger partial charge < -0.3 is 9.47 Å². The highest BCUT2D eigenvalue weighted by molar-refractivity contribution is 14.1. The van der Waals surface area contributed by atoms with Gasteiger partial charge in [-0.1, -0.05) is 36.4 Å². The van der Waals surface area contributed by atoms with Crippen molar-refractivity contribution in [2.24, 2.45) is 23.2 Å². The average Bonchev–Trinajstić information content (AvgIpc) is 3.03. The Bertz CT molecular complexity index is 312. The molecule has 4 atom stereocenters. The van der Waals surface area contributed by atoms with Gasteiger partial charge in [0.25, 0.3) is 0 Å². The molecule has 1 saturated heterocycles. The molecule has 4 unspecified atom stereocenters. The molecule has 2 aliphatic carbocycles. The minimum atomic E-state index is 0.138. The van der Waals surface area contributed by atoms with E-state index in [0.717, 1.165) is 36.1 Å². The molecular formula is C15H25IO2. The molecule has 2 bridgehead atoms. The maximum Gasteiger partial charge on any atom is 0.0852 e. The second-order valence-corrected chi connectivity index (χ2v) is 7.76. The van der Waals surface area contributed by atoms with Gasteiger partial charge in [-0.25, -0.2) is 0 Å². The van der Waals surface area contributed by atoms with Gasteiger partial charge in [0.05, 0.1) is 18.8 Å². The first kappa shape index (κ1) is 13.6. The van der Waals surface area contributed by atoms with Crippen molar-refractivity contribution in [2.45, 2.75) is 45.1 Å². The Hall–Kier alpha value is 0.650. The first-order valence-electron chi connectivity index (χ1n) is 7.38. The molecular weight excluding hydrogens is 339 g/mol. The zero-order chi connectivity index (χ0) is 12.8. The zero-order valence-corrected chi connectivity index (χ0v) is 13.7. The molecule has 18 heavy (non-hydrogen) atoms. The van der Waals surface area contributed by atoms with Crippen molar-refractivity contribution < 1.29 is 9.47 Å². The van der Waals surface area contributed by atoms with Crippen LogP contribution in [-0.4, -0.2) is 29.8 Å². The van der Waals surface area contributed by atoms with E-state index in [0.29, 0.717) is 11.3 Å². The van der Waals surface area contributed by atoms with Gasteiger partial charge in [-0.3, -0.25) is 0 Å². The van der Waals surface area contributed by atoms with Crippen molar-refractivity contribution in [3.05, 3.63) is 0 Å². The monoisotopic (exact) mass is 364 g/mol. The Kier molecular flexibility index (Phi) is 3.70. The van der Waals surface area contributed by atoms with Gasteiger partial charge in [0.2, 0.25) is 0 Å². The third kappa shape index (κ3) is 1.87. The summed E-state index contributed by atoms with van der Waals surface area (Å²) in [7, 11) is 0. The summed E-state index contributed by atoms with van der Waals surface area (Å²) in [6.07, 6.45) is 5.40. The lowest BCUT2D eigenvalue weighted by molar-refractivity contribution is -0.144. The molecule has 0 spiro atoms. The van der Waals surface area contributed by atoms with Gasteiger partial charge in [0.1, 0.15) is 0 Å². The number of hydrogen-bond acceptors (Lipinski definition) is 2. The lowest BCUT2D eigenvalue weighted by Gasteiger charge is -2.49. The molecule has 0 aromatic carbocycles. The van der Waals surface area contributed by atoms with Crippen molar-refractivity contribution in [3.63, 3.8) is 0 Å². The minimum Gasteiger partial charge on any atom is -0.381 e. The summed E-state index contributed by atoms with van der Waals surface area (Å²) in [5, 5.41) is 0. The summed E-state index contributed by atoms with van der Waals surface area (Å²) in [5.74, 6) is 2.33. The van der Waals surface area contributed by atoms with Crippen LogP contribution in [0, 0.1) is 23.2 Å². The number of ether oxygens (including phenoxy) is 2. The molecule has 0 amide bonds. The highest BCUT2D eigenvalue weighted by Gasteiger charge is 2.63. The van der Waals surface area contributed by atoms with E-state index in [9.17, 15) is 0 Å². The van der Waals surface area contributed by atoms with Crippen LogP contribution in [0.2, 0.25) is 0 Å². The van der Waals surface area contributed by atoms with Crippen LogP contribution in [0.3, 0.4) is 0 Å². The van der Waals surface area contributed by atoms with Crippen LogP contribution in [-0.2, 0) is 9.47 Å². The molecule has 0 N–H and O–H groups in total. The maximum absolute atomic E-state index is 6.59. The van der Waals surface area contributed by atoms with Crippen molar-refractivity contribution in [2.75, 3.05) is 24.2 Å². The van der Waals surface area contributed by atoms with Crippen LogP contribution in [0.25, 0.3) is 0 Å². The summed E-state index contributed by atoms with van der Waals surface area (Å²) in [4.78, 5) is 0.